The van der Waals surface area contributed by atoms with Gasteiger partial charge in [0.05, 0.1) is 18.2 Å². The number of carboxylic acids is 1. The summed E-state index contributed by atoms with van der Waals surface area (Å²) in [6.07, 6.45) is 0.105. The highest BCUT2D eigenvalue weighted by Crippen LogP contribution is 2.15. The van der Waals surface area contributed by atoms with Crippen molar-refractivity contribution in [2.45, 2.75) is 38.5 Å². The molecular weight excluding hydrogens is 356 g/mol. The van der Waals surface area contributed by atoms with Crippen molar-refractivity contribution in [1.29, 1.82) is 0 Å². The number of hydrogen-bond acceptors (Lipinski definition) is 6. The summed E-state index contributed by atoms with van der Waals surface area (Å²) < 4.78 is 17.2. The number of rotatable bonds is 7. The highest BCUT2D eigenvalue weighted by Gasteiger charge is 2.28. The Morgan fingerprint density at radius 3 is 3.00 bits per heavy atom. The minimum Gasteiger partial charge on any atom is -0.480 e. The van der Waals surface area contributed by atoms with Crippen LogP contribution in [0.15, 0.2) is 27.4 Å². The molecule has 1 aromatic heterocycles. The van der Waals surface area contributed by atoms with Gasteiger partial charge in [0.2, 0.25) is 5.91 Å². The van der Waals surface area contributed by atoms with Crippen molar-refractivity contribution in [2.24, 2.45) is 0 Å². The molecular formula is C18H22N2O7. The summed E-state index contributed by atoms with van der Waals surface area (Å²) in [5, 5.41) is 11.6. The van der Waals surface area contributed by atoms with E-state index in [1.54, 1.807) is 6.07 Å². The van der Waals surface area contributed by atoms with Gasteiger partial charge in [-0.2, -0.15) is 0 Å². The molecule has 2 aromatic rings. The van der Waals surface area contributed by atoms with Crippen molar-refractivity contribution in [1.82, 2.24) is 9.88 Å². The van der Waals surface area contributed by atoms with Crippen molar-refractivity contribution in [3.8, 4) is 0 Å². The lowest BCUT2D eigenvalue weighted by Gasteiger charge is -2.31. The molecule has 1 aliphatic rings. The van der Waals surface area contributed by atoms with Gasteiger partial charge in [-0.25, -0.2) is 9.59 Å². The molecule has 2 N–H and O–H groups in total. The van der Waals surface area contributed by atoms with Crippen LogP contribution in [-0.2, 0) is 25.6 Å². The van der Waals surface area contributed by atoms with Crippen LogP contribution in [0.4, 0.5) is 0 Å². The smallest absolute Gasteiger partial charge is 0.419 e. The predicted octanol–water partition coefficient (Wildman–Crippen LogP) is 0.668. The van der Waals surface area contributed by atoms with Gasteiger partial charge in [-0.05, 0) is 31.0 Å². The number of oxazole rings is 1. The van der Waals surface area contributed by atoms with Crippen LogP contribution in [0.3, 0.4) is 0 Å². The molecule has 27 heavy (non-hydrogen) atoms. The van der Waals surface area contributed by atoms with Crippen LogP contribution < -0.4 is 11.1 Å². The fourth-order valence-corrected chi connectivity index (χ4v) is 3.10. The molecule has 1 saturated heterocycles. The number of ether oxygens (including phenoxy) is 2. The first-order valence-corrected chi connectivity index (χ1v) is 8.74. The Bertz CT molecular complexity index is 885. The molecule has 9 heteroatoms. The van der Waals surface area contributed by atoms with Gasteiger partial charge in [0, 0.05) is 19.6 Å². The Morgan fingerprint density at radius 2 is 2.22 bits per heavy atom. The Kier molecular flexibility index (Phi) is 5.92. The van der Waals surface area contributed by atoms with Crippen molar-refractivity contribution >= 4 is 23.0 Å². The van der Waals surface area contributed by atoms with Crippen LogP contribution >= 0.6 is 0 Å². The van der Waals surface area contributed by atoms with Crippen LogP contribution in [-0.4, -0.2) is 53.5 Å². The Hall–Kier alpha value is -2.65. The minimum atomic E-state index is -1.08. The van der Waals surface area contributed by atoms with Crippen LogP contribution in [0.2, 0.25) is 0 Å². The number of hydrogen-bond donors (Lipinski definition) is 2. The van der Waals surface area contributed by atoms with Gasteiger partial charge in [-0.1, -0.05) is 6.07 Å². The molecule has 146 valence electrons. The summed E-state index contributed by atoms with van der Waals surface area (Å²) in [6, 6.07) is 5.09. The molecule has 0 bridgehead atoms. The number of nitrogens with one attached hydrogen (secondary N) is 1. The number of aliphatic carboxylic acids is 1. The topological polar surface area (TPSA) is 120 Å². The predicted molar refractivity (Wildman–Crippen MR) is 94.6 cm³/mol. The van der Waals surface area contributed by atoms with E-state index >= 15 is 0 Å². The fourth-order valence-electron chi connectivity index (χ4n) is 3.10. The molecule has 1 aliphatic heterocycles. The van der Waals surface area contributed by atoms with E-state index in [-0.39, 0.29) is 31.5 Å². The number of carbonyl (C=O) groups excluding carboxylic acids is 1. The molecule has 0 unspecified atom stereocenters. The van der Waals surface area contributed by atoms with E-state index in [4.69, 9.17) is 19.0 Å². The van der Waals surface area contributed by atoms with Gasteiger partial charge in [0.15, 0.2) is 5.58 Å². The quantitative estimate of drug-likeness (QED) is 0.726. The van der Waals surface area contributed by atoms with E-state index in [1.165, 1.54) is 4.57 Å². The molecule has 1 amide bonds. The molecule has 0 spiro atoms. The second kappa shape index (κ2) is 8.36. The summed E-state index contributed by atoms with van der Waals surface area (Å²) >= 11 is 0. The number of fused-ring (bicyclic) bond motifs is 1. The molecule has 0 aliphatic carbocycles. The highest BCUT2D eigenvalue weighted by atomic mass is 16.5. The molecule has 3 rings (SSSR count). The Morgan fingerprint density at radius 1 is 1.41 bits per heavy atom. The van der Waals surface area contributed by atoms with E-state index in [0.717, 1.165) is 5.56 Å². The standard InChI is InChI=1S/C18H22N2O7/c1-11-2-3-14-13(8-11)20(18(24)27-14)6-4-16(21)19-12-5-7-25-9-15(12)26-10-17(22)23/h2-3,8,12,15H,4-7,9-10H2,1H3,(H,19,21)(H,22,23)/t12-,15-/m1/s1. The number of amides is 1. The summed E-state index contributed by atoms with van der Waals surface area (Å²) in [5.74, 6) is -1.83. The summed E-state index contributed by atoms with van der Waals surface area (Å²) in [7, 11) is 0. The Labute approximate surface area is 154 Å². The van der Waals surface area contributed by atoms with E-state index in [1.807, 2.05) is 19.1 Å². The van der Waals surface area contributed by atoms with Crippen LogP contribution in [0.25, 0.3) is 11.1 Å². The number of carboxylic acid groups (broad SMARTS) is 1. The zero-order valence-electron chi connectivity index (χ0n) is 15.0. The summed E-state index contributed by atoms with van der Waals surface area (Å²) in [6.45, 7) is 2.34. The SMILES string of the molecule is Cc1ccc2oc(=O)n(CCC(=O)N[C@@H]3CCOC[C@H]3OCC(=O)O)c2c1. The van der Waals surface area contributed by atoms with Crippen LogP contribution in [0.1, 0.15) is 18.4 Å². The van der Waals surface area contributed by atoms with E-state index in [9.17, 15) is 14.4 Å². The first kappa shape index (κ1) is 19.1. The number of nitrogens with zero attached hydrogens (tertiary/aromatic N) is 1. The second-order valence-corrected chi connectivity index (χ2v) is 6.52. The summed E-state index contributed by atoms with van der Waals surface area (Å²) in [5.41, 5.74) is 2.13. The third-order valence-corrected chi connectivity index (χ3v) is 4.46. The van der Waals surface area contributed by atoms with Crippen molar-refractivity contribution < 1.29 is 28.6 Å². The monoisotopic (exact) mass is 378 g/mol. The van der Waals surface area contributed by atoms with Crippen molar-refractivity contribution in [2.75, 3.05) is 19.8 Å². The van der Waals surface area contributed by atoms with E-state index < -0.39 is 24.4 Å². The lowest BCUT2D eigenvalue weighted by atomic mass is 10.1. The van der Waals surface area contributed by atoms with Crippen molar-refractivity contribution in [3.05, 3.63) is 34.3 Å². The molecule has 9 nitrogen and oxygen atoms in total. The largest absolute Gasteiger partial charge is 0.480 e. The highest BCUT2D eigenvalue weighted by molar-refractivity contribution is 5.77. The van der Waals surface area contributed by atoms with Crippen molar-refractivity contribution in [3.63, 3.8) is 0 Å². The maximum atomic E-state index is 12.3. The lowest BCUT2D eigenvalue weighted by Crippen LogP contribution is -2.50. The molecule has 0 saturated carbocycles. The fraction of sp³-hybridized carbons (Fsp3) is 0.500. The van der Waals surface area contributed by atoms with Crippen LogP contribution in [0.5, 0.6) is 0 Å². The average Bonchev–Trinajstić information content (AvgIpc) is 2.93. The number of benzene rings is 1. The molecule has 1 fully saturated rings. The van der Waals surface area contributed by atoms with Gasteiger partial charge in [-0.15, -0.1) is 0 Å². The molecule has 1 aromatic carbocycles. The van der Waals surface area contributed by atoms with Gasteiger partial charge >= 0.3 is 11.7 Å². The molecule has 0 radical (unpaired) electrons. The number of carbonyl (C=O) groups is 2. The van der Waals surface area contributed by atoms with Gasteiger partial charge < -0.3 is 24.3 Å². The first-order chi connectivity index (χ1) is 12.9. The van der Waals surface area contributed by atoms with Gasteiger partial charge in [0.1, 0.15) is 12.7 Å². The van der Waals surface area contributed by atoms with E-state index in [2.05, 4.69) is 5.32 Å². The van der Waals surface area contributed by atoms with E-state index in [0.29, 0.717) is 24.1 Å². The zero-order chi connectivity index (χ0) is 19.4. The third kappa shape index (κ3) is 4.75. The normalized spacial score (nSPS) is 19.9. The Balaban J connectivity index is 1.60. The first-order valence-electron chi connectivity index (χ1n) is 8.74. The van der Waals surface area contributed by atoms with Gasteiger partial charge in [-0.3, -0.25) is 9.36 Å². The lowest BCUT2D eigenvalue weighted by molar-refractivity contribution is -0.149. The molecule has 2 atom stereocenters. The molecule has 2 heterocycles. The minimum absolute atomic E-state index is 0.0888. The number of aryl methyl sites for hydroxylation is 2. The van der Waals surface area contributed by atoms with Gasteiger partial charge in [0.25, 0.3) is 0 Å². The second-order valence-electron chi connectivity index (χ2n) is 6.52. The number of aromatic nitrogens is 1. The summed E-state index contributed by atoms with van der Waals surface area (Å²) in [4.78, 5) is 35.0. The maximum absolute atomic E-state index is 12.3. The maximum Gasteiger partial charge on any atom is 0.419 e. The van der Waals surface area contributed by atoms with Crippen LogP contribution in [0, 0.1) is 6.92 Å². The average molecular weight is 378 g/mol. The third-order valence-electron chi connectivity index (χ3n) is 4.46. The zero-order valence-corrected chi connectivity index (χ0v) is 15.0.